The van der Waals surface area contributed by atoms with Crippen molar-refractivity contribution in [2.45, 2.75) is 46.1 Å². The molecule has 1 aliphatic rings. The Morgan fingerprint density at radius 3 is 2.32 bits per heavy atom. The van der Waals surface area contributed by atoms with E-state index >= 15 is 0 Å². The molecule has 0 saturated carbocycles. The van der Waals surface area contributed by atoms with Crippen molar-refractivity contribution in [3.8, 4) is 17.2 Å². The van der Waals surface area contributed by atoms with E-state index in [2.05, 4.69) is 0 Å². The predicted octanol–water partition coefficient (Wildman–Crippen LogP) is 6.76. The van der Waals surface area contributed by atoms with Crippen molar-refractivity contribution in [3.05, 3.63) is 93.7 Å². The summed E-state index contributed by atoms with van der Waals surface area (Å²) < 4.78 is 57.2. The molecular formula is C29H25F3O6. The maximum atomic E-state index is 13.3. The lowest BCUT2D eigenvalue weighted by Crippen LogP contribution is -2.38. The summed E-state index contributed by atoms with van der Waals surface area (Å²) in [5, 5.41) is 9.34. The van der Waals surface area contributed by atoms with Crippen molar-refractivity contribution in [1.29, 1.82) is 0 Å². The van der Waals surface area contributed by atoms with Crippen LogP contribution in [0.3, 0.4) is 0 Å². The molecule has 38 heavy (non-hydrogen) atoms. The molecular weight excluding hydrogens is 501 g/mol. The second-order valence-corrected chi connectivity index (χ2v) is 9.45. The fourth-order valence-corrected chi connectivity index (χ4v) is 4.03. The number of aryl methyl sites for hydroxylation is 2. The summed E-state index contributed by atoms with van der Waals surface area (Å²) >= 11 is 0. The molecule has 0 unspecified atom stereocenters. The normalized spacial score (nSPS) is 14.3. The van der Waals surface area contributed by atoms with Gasteiger partial charge in [0.1, 0.15) is 23.9 Å². The highest BCUT2D eigenvalue weighted by Crippen LogP contribution is 2.38. The van der Waals surface area contributed by atoms with E-state index in [1.165, 1.54) is 44.2 Å². The zero-order chi connectivity index (χ0) is 27.8. The van der Waals surface area contributed by atoms with Crippen LogP contribution in [0.15, 0.2) is 60.4 Å². The Morgan fingerprint density at radius 2 is 1.68 bits per heavy atom. The molecule has 0 radical (unpaired) electrons. The molecule has 0 bridgehead atoms. The highest BCUT2D eigenvalue weighted by molar-refractivity contribution is 6.14. The lowest BCUT2D eigenvalue weighted by Gasteiger charge is -2.24. The number of rotatable bonds is 7. The number of hydrogen-bond donors (Lipinski definition) is 1. The number of carbonyl (C=O) groups is 2. The quantitative estimate of drug-likeness (QED) is 0.343. The van der Waals surface area contributed by atoms with E-state index in [1.54, 1.807) is 6.07 Å². The summed E-state index contributed by atoms with van der Waals surface area (Å²) in [6.07, 6.45) is -3.48. The number of hydrogen-bond acceptors (Lipinski definition) is 5. The van der Waals surface area contributed by atoms with Gasteiger partial charge in [0.2, 0.25) is 5.78 Å². The van der Waals surface area contributed by atoms with E-state index in [9.17, 15) is 27.9 Å². The van der Waals surface area contributed by atoms with Crippen LogP contribution in [-0.4, -0.2) is 22.5 Å². The Balaban J connectivity index is 1.50. The fourth-order valence-electron chi connectivity index (χ4n) is 4.03. The van der Waals surface area contributed by atoms with Crippen molar-refractivity contribution < 1.29 is 42.1 Å². The van der Waals surface area contributed by atoms with Crippen molar-refractivity contribution >= 4 is 17.8 Å². The average molecular weight is 527 g/mol. The highest BCUT2D eigenvalue weighted by Gasteiger charge is 2.34. The first-order chi connectivity index (χ1) is 17.8. The number of alkyl halides is 3. The number of fused-ring (bicyclic) bond motifs is 1. The van der Waals surface area contributed by atoms with Crippen LogP contribution in [0, 0.1) is 13.8 Å². The van der Waals surface area contributed by atoms with Gasteiger partial charge in [-0.2, -0.15) is 13.2 Å². The van der Waals surface area contributed by atoms with Crippen molar-refractivity contribution in [1.82, 2.24) is 0 Å². The maximum absolute atomic E-state index is 13.3. The van der Waals surface area contributed by atoms with E-state index < -0.39 is 29.1 Å². The number of Topliss-reactive ketones (excluding diaryl/α,β-unsaturated/α-hetero) is 1. The topological polar surface area (TPSA) is 82.1 Å². The number of allylic oxidation sites excluding steroid dienone is 1. The summed E-state index contributed by atoms with van der Waals surface area (Å²) in [7, 11) is 0. The molecule has 9 heteroatoms. The average Bonchev–Trinajstić information content (AvgIpc) is 3.14. The SMILES string of the molecule is Cc1cc(COc2ccc3c(c2)O/C(=C\c2ccccc2C(F)(F)F)C3=O)cc(C)c1OC(C)(C)C(=O)O. The second-order valence-electron chi connectivity index (χ2n) is 9.45. The van der Waals surface area contributed by atoms with Crippen LogP contribution in [0.1, 0.15) is 52.0 Å². The van der Waals surface area contributed by atoms with Crippen LogP contribution >= 0.6 is 0 Å². The molecule has 6 nitrogen and oxygen atoms in total. The summed E-state index contributed by atoms with van der Waals surface area (Å²) in [5.41, 5.74) is 0.0985. The molecule has 4 rings (SSSR count). The number of carboxylic acids is 1. The smallest absolute Gasteiger partial charge is 0.416 e. The lowest BCUT2D eigenvalue weighted by atomic mass is 10.0. The largest absolute Gasteiger partial charge is 0.489 e. The molecule has 0 spiro atoms. The van der Waals surface area contributed by atoms with Gasteiger partial charge in [-0.3, -0.25) is 4.79 Å². The molecule has 0 amide bonds. The van der Waals surface area contributed by atoms with E-state index in [-0.39, 0.29) is 29.2 Å². The van der Waals surface area contributed by atoms with Crippen molar-refractivity contribution in [2.75, 3.05) is 0 Å². The zero-order valence-electron chi connectivity index (χ0n) is 21.1. The lowest BCUT2D eigenvalue weighted by molar-refractivity contribution is -0.152. The molecule has 0 aliphatic carbocycles. The molecule has 198 valence electrons. The van der Waals surface area contributed by atoms with E-state index in [0.29, 0.717) is 11.5 Å². The molecule has 1 N–H and O–H groups in total. The molecule has 0 aromatic heterocycles. The van der Waals surface area contributed by atoms with Gasteiger partial charge in [0, 0.05) is 6.07 Å². The third kappa shape index (κ3) is 5.51. The Hall–Kier alpha value is -4.27. The number of ketones is 1. The summed E-state index contributed by atoms with van der Waals surface area (Å²) in [6.45, 7) is 6.73. The van der Waals surface area contributed by atoms with E-state index in [1.807, 2.05) is 26.0 Å². The van der Waals surface area contributed by atoms with Crippen LogP contribution in [0.5, 0.6) is 17.2 Å². The second kappa shape index (κ2) is 9.89. The number of aliphatic carboxylic acids is 1. The number of ether oxygens (including phenoxy) is 3. The van der Waals surface area contributed by atoms with Gasteiger partial charge in [0.15, 0.2) is 11.4 Å². The van der Waals surface area contributed by atoms with Crippen LogP contribution in [0.2, 0.25) is 0 Å². The Morgan fingerprint density at radius 1 is 1.03 bits per heavy atom. The first-order valence-electron chi connectivity index (χ1n) is 11.7. The zero-order valence-corrected chi connectivity index (χ0v) is 21.1. The number of carbonyl (C=O) groups excluding carboxylic acids is 1. The van der Waals surface area contributed by atoms with Crippen LogP contribution in [0.25, 0.3) is 6.08 Å². The molecule has 1 aliphatic heterocycles. The summed E-state index contributed by atoms with van der Waals surface area (Å²) in [5.74, 6) is -0.735. The van der Waals surface area contributed by atoms with Gasteiger partial charge in [-0.1, -0.05) is 18.2 Å². The van der Waals surface area contributed by atoms with Crippen LogP contribution in [0.4, 0.5) is 13.2 Å². The minimum absolute atomic E-state index is 0.165. The Labute approximate surface area is 217 Å². The molecule has 3 aromatic carbocycles. The Bertz CT molecular complexity index is 1430. The monoisotopic (exact) mass is 526 g/mol. The van der Waals surface area contributed by atoms with Gasteiger partial charge in [-0.15, -0.1) is 0 Å². The van der Waals surface area contributed by atoms with Gasteiger partial charge in [-0.25, -0.2) is 4.79 Å². The summed E-state index contributed by atoms with van der Waals surface area (Å²) in [4.78, 5) is 24.2. The maximum Gasteiger partial charge on any atom is 0.416 e. The number of carboxylic acid groups (broad SMARTS) is 1. The van der Waals surface area contributed by atoms with E-state index in [4.69, 9.17) is 14.2 Å². The summed E-state index contributed by atoms with van der Waals surface area (Å²) in [6, 6.07) is 13.2. The van der Waals surface area contributed by atoms with Crippen molar-refractivity contribution in [3.63, 3.8) is 0 Å². The minimum Gasteiger partial charge on any atom is -0.489 e. The van der Waals surface area contributed by atoms with Gasteiger partial charge in [0.25, 0.3) is 0 Å². The third-order valence-corrected chi connectivity index (χ3v) is 5.99. The molecule has 0 saturated heterocycles. The minimum atomic E-state index is -4.57. The van der Waals surface area contributed by atoms with Gasteiger partial charge >= 0.3 is 12.1 Å². The molecule has 1 heterocycles. The first kappa shape index (κ1) is 26.8. The van der Waals surface area contributed by atoms with Crippen molar-refractivity contribution in [2.24, 2.45) is 0 Å². The number of benzene rings is 3. The Kier molecular flexibility index (Phi) is 6.97. The molecule has 0 fully saturated rings. The number of halogens is 3. The molecule has 3 aromatic rings. The third-order valence-electron chi connectivity index (χ3n) is 5.99. The van der Waals surface area contributed by atoms with Gasteiger partial charge in [0.05, 0.1) is 11.1 Å². The standard InChI is InChI=1S/C29H25F3O6/c1-16-11-18(12-17(2)26(16)38-28(3,4)27(34)35)15-36-20-9-10-21-23(14-20)37-24(25(21)33)13-19-7-5-6-8-22(19)29(30,31)32/h5-14H,15H2,1-4H3,(H,34,35)/b24-13-. The van der Waals surface area contributed by atoms with E-state index in [0.717, 1.165) is 28.8 Å². The fraction of sp³-hybridized carbons (Fsp3) is 0.241. The van der Waals surface area contributed by atoms with Gasteiger partial charge < -0.3 is 19.3 Å². The first-order valence-corrected chi connectivity index (χ1v) is 11.7. The predicted molar refractivity (Wildman–Crippen MR) is 133 cm³/mol. The van der Waals surface area contributed by atoms with Crippen LogP contribution < -0.4 is 14.2 Å². The molecule has 0 atom stereocenters. The van der Waals surface area contributed by atoms with Gasteiger partial charge in [-0.05, 0) is 86.4 Å². The highest BCUT2D eigenvalue weighted by atomic mass is 19.4. The van der Waals surface area contributed by atoms with Crippen LogP contribution in [-0.2, 0) is 17.6 Å².